The summed E-state index contributed by atoms with van der Waals surface area (Å²) in [6.07, 6.45) is 0.864. The fourth-order valence-corrected chi connectivity index (χ4v) is 3.67. The molecule has 2 aliphatic rings. The van der Waals surface area contributed by atoms with Crippen LogP contribution in [0.5, 0.6) is 0 Å². The van der Waals surface area contributed by atoms with Gasteiger partial charge in [-0.15, -0.1) is 24.8 Å². The van der Waals surface area contributed by atoms with Crippen molar-refractivity contribution in [2.24, 2.45) is 11.7 Å². The third kappa shape index (κ3) is 4.92. The number of hydrogen-bond donors (Lipinski definition) is 2. The summed E-state index contributed by atoms with van der Waals surface area (Å²) in [5.74, 6) is 0.655. The van der Waals surface area contributed by atoms with E-state index in [9.17, 15) is 4.79 Å². The summed E-state index contributed by atoms with van der Waals surface area (Å²) >= 11 is 6.22. The standard InChI is InChI=1S/C17H25ClN4O.2ClH/c1-12-14(18)3-2-4-16(12)21-5-7-22(8-6-21)17(23)15-9-13(10-19)11-20-15;;/h2-4,13,15,20H,5-11,19H2,1H3;2*1H/t13?,15-;;/m1../s1. The molecule has 1 amide bonds. The number of anilines is 1. The highest BCUT2D eigenvalue weighted by Crippen LogP contribution is 2.27. The summed E-state index contributed by atoms with van der Waals surface area (Å²) in [6, 6.07) is 5.95. The number of nitrogens with zero attached hydrogens (tertiary/aromatic N) is 2. The zero-order valence-electron chi connectivity index (χ0n) is 14.4. The van der Waals surface area contributed by atoms with Crippen molar-refractivity contribution in [3.05, 3.63) is 28.8 Å². The highest BCUT2D eigenvalue weighted by molar-refractivity contribution is 6.31. The van der Waals surface area contributed by atoms with Gasteiger partial charge in [-0.05, 0) is 50.0 Å². The second-order valence-corrected chi connectivity index (χ2v) is 6.90. The van der Waals surface area contributed by atoms with Gasteiger partial charge in [-0.1, -0.05) is 17.7 Å². The Hall–Kier alpha value is -0.720. The van der Waals surface area contributed by atoms with Gasteiger partial charge in [0.25, 0.3) is 0 Å². The summed E-state index contributed by atoms with van der Waals surface area (Å²) in [6.45, 7) is 6.77. The largest absolute Gasteiger partial charge is 0.368 e. The first-order valence-corrected chi connectivity index (χ1v) is 8.70. The van der Waals surface area contributed by atoms with Crippen molar-refractivity contribution in [1.29, 1.82) is 0 Å². The number of halogens is 3. The van der Waals surface area contributed by atoms with Crippen molar-refractivity contribution in [1.82, 2.24) is 10.2 Å². The van der Waals surface area contributed by atoms with Crippen molar-refractivity contribution in [3.63, 3.8) is 0 Å². The summed E-state index contributed by atoms with van der Waals surface area (Å²) in [5, 5.41) is 4.11. The Kier molecular flexibility index (Phi) is 8.78. The zero-order valence-corrected chi connectivity index (χ0v) is 16.8. The molecular formula is C17H27Cl3N4O. The maximum absolute atomic E-state index is 12.6. The van der Waals surface area contributed by atoms with Crippen LogP contribution in [0.25, 0.3) is 0 Å². The predicted molar refractivity (Wildman–Crippen MR) is 108 cm³/mol. The number of piperazine rings is 1. The van der Waals surface area contributed by atoms with Crippen LogP contribution in [0.3, 0.4) is 0 Å². The van der Waals surface area contributed by atoms with Crippen LogP contribution in [-0.2, 0) is 4.79 Å². The van der Waals surface area contributed by atoms with E-state index in [1.54, 1.807) is 0 Å². The molecule has 8 heteroatoms. The van der Waals surface area contributed by atoms with E-state index >= 15 is 0 Å². The molecule has 2 aliphatic heterocycles. The van der Waals surface area contributed by atoms with Gasteiger partial charge >= 0.3 is 0 Å². The van der Waals surface area contributed by atoms with Crippen LogP contribution in [0.1, 0.15) is 12.0 Å². The smallest absolute Gasteiger partial charge is 0.239 e. The lowest BCUT2D eigenvalue weighted by Crippen LogP contribution is -2.53. The Morgan fingerprint density at radius 3 is 2.56 bits per heavy atom. The van der Waals surface area contributed by atoms with E-state index in [0.717, 1.165) is 49.7 Å². The van der Waals surface area contributed by atoms with Crippen LogP contribution in [0.15, 0.2) is 18.2 Å². The third-order valence-corrected chi connectivity index (χ3v) is 5.43. The van der Waals surface area contributed by atoms with E-state index in [1.165, 1.54) is 5.69 Å². The molecular weight excluding hydrogens is 383 g/mol. The van der Waals surface area contributed by atoms with Gasteiger partial charge < -0.3 is 20.9 Å². The van der Waals surface area contributed by atoms with E-state index in [4.69, 9.17) is 17.3 Å². The van der Waals surface area contributed by atoms with Gasteiger partial charge in [0.2, 0.25) is 5.91 Å². The topological polar surface area (TPSA) is 61.6 Å². The summed E-state index contributed by atoms with van der Waals surface area (Å²) in [5.41, 5.74) is 7.98. The Morgan fingerprint density at radius 2 is 1.96 bits per heavy atom. The number of amides is 1. The minimum Gasteiger partial charge on any atom is -0.368 e. The Balaban J connectivity index is 0.00000156. The monoisotopic (exact) mass is 408 g/mol. The third-order valence-electron chi connectivity index (χ3n) is 5.02. The Labute approximate surface area is 167 Å². The molecule has 1 unspecified atom stereocenters. The number of nitrogens with one attached hydrogen (secondary N) is 1. The van der Waals surface area contributed by atoms with Crippen LogP contribution >= 0.6 is 36.4 Å². The van der Waals surface area contributed by atoms with E-state index in [1.807, 2.05) is 24.0 Å². The molecule has 142 valence electrons. The fraction of sp³-hybridized carbons (Fsp3) is 0.588. The average molecular weight is 410 g/mol. The molecule has 0 saturated carbocycles. The lowest BCUT2D eigenvalue weighted by atomic mass is 10.0. The van der Waals surface area contributed by atoms with Gasteiger partial charge in [0.15, 0.2) is 0 Å². The lowest BCUT2D eigenvalue weighted by molar-refractivity contribution is -0.133. The van der Waals surface area contributed by atoms with Crippen LogP contribution in [-0.4, -0.2) is 56.1 Å². The molecule has 1 aromatic rings. The minimum atomic E-state index is -0.0528. The first-order chi connectivity index (χ1) is 11.1. The molecule has 0 radical (unpaired) electrons. The van der Waals surface area contributed by atoms with E-state index in [-0.39, 0.29) is 36.8 Å². The van der Waals surface area contributed by atoms with Gasteiger partial charge in [-0.2, -0.15) is 0 Å². The number of hydrogen-bond acceptors (Lipinski definition) is 4. The molecule has 3 rings (SSSR count). The molecule has 1 aromatic carbocycles. The van der Waals surface area contributed by atoms with Crippen LogP contribution in [0, 0.1) is 12.8 Å². The number of rotatable bonds is 3. The molecule has 2 heterocycles. The highest BCUT2D eigenvalue weighted by Gasteiger charge is 2.33. The molecule has 25 heavy (non-hydrogen) atoms. The van der Waals surface area contributed by atoms with Crippen molar-refractivity contribution in [3.8, 4) is 0 Å². The van der Waals surface area contributed by atoms with E-state index < -0.39 is 0 Å². The predicted octanol–water partition coefficient (Wildman–Crippen LogP) is 2.08. The Bertz CT molecular complexity index is 579. The lowest BCUT2D eigenvalue weighted by Gasteiger charge is -2.38. The second kappa shape index (κ2) is 9.83. The maximum atomic E-state index is 12.6. The van der Waals surface area contributed by atoms with Crippen molar-refractivity contribution in [2.75, 3.05) is 44.2 Å². The fourth-order valence-electron chi connectivity index (χ4n) is 3.50. The van der Waals surface area contributed by atoms with Crippen molar-refractivity contribution in [2.45, 2.75) is 19.4 Å². The van der Waals surface area contributed by atoms with E-state index in [2.05, 4.69) is 16.3 Å². The quantitative estimate of drug-likeness (QED) is 0.802. The van der Waals surface area contributed by atoms with Crippen LogP contribution in [0.2, 0.25) is 5.02 Å². The molecule has 0 aliphatic carbocycles. The second-order valence-electron chi connectivity index (χ2n) is 6.49. The molecule has 2 saturated heterocycles. The van der Waals surface area contributed by atoms with Crippen molar-refractivity contribution >= 4 is 48.0 Å². The molecule has 3 N–H and O–H groups in total. The molecule has 0 spiro atoms. The van der Waals surface area contributed by atoms with Gasteiger partial charge in [0.1, 0.15) is 0 Å². The zero-order chi connectivity index (χ0) is 16.4. The van der Waals surface area contributed by atoms with Gasteiger partial charge in [0.05, 0.1) is 6.04 Å². The van der Waals surface area contributed by atoms with Gasteiger partial charge in [0, 0.05) is 36.9 Å². The molecule has 2 fully saturated rings. The molecule has 0 aromatic heterocycles. The first-order valence-electron chi connectivity index (χ1n) is 8.32. The number of carbonyl (C=O) groups is 1. The first kappa shape index (κ1) is 22.3. The van der Waals surface area contributed by atoms with E-state index in [0.29, 0.717) is 12.5 Å². The number of nitrogens with two attached hydrogens (primary N) is 1. The number of benzene rings is 1. The summed E-state index contributed by atoms with van der Waals surface area (Å²) in [7, 11) is 0. The van der Waals surface area contributed by atoms with Crippen LogP contribution in [0.4, 0.5) is 5.69 Å². The Morgan fingerprint density at radius 1 is 1.28 bits per heavy atom. The molecule has 2 atom stereocenters. The normalized spacial score (nSPS) is 23.0. The number of carbonyl (C=O) groups excluding carboxylic acids is 1. The van der Waals surface area contributed by atoms with Crippen molar-refractivity contribution < 1.29 is 4.79 Å². The highest BCUT2D eigenvalue weighted by atomic mass is 35.5. The molecule has 0 bridgehead atoms. The maximum Gasteiger partial charge on any atom is 0.239 e. The van der Waals surface area contributed by atoms with Crippen LogP contribution < -0.4 is 16.0 Å². The van der Waals surface area contributed by atoms with Gasteiger partial charge in [-0.3, -0.25) is 4.79 Å². The average Bonchev–Trinajstić information content (AvgIpc) is 3.06. The summed E-state index contributed by atoms with van der Waals surface area (Å²) < 4.78 is 0. The minimum absolute atomic E-state index is 0. The SMILES string of the molecule is Cc1c(Cl)cccc1N1CCN(C(=O)[C@H]2CC(CN)CN2)CC1.Cl.Cl. The summed E-state index contributed by atoms with van der Waals surface area (Å²) in [4.78, 5) is 16.9. The molecule has 5 nitrogen and oxygen atoms in total. The van der Waals surface area contributed by atoms with Gasteiger partial charge in [-0.25, -0.2) is 0 Å².